The summed E-state index contributed by atoms with van der Waals surface area (Å²) in [7, 11) is 0. The summed E-state index contributed by atoms with van der Waals surface area (Å²) in [4.78, 5) is 66.9. The fraction of sp³-hybridized carbons (Fsp3) is 0.447. The van der Waals surface area contributed by atoms with Crippen LogP contribution in [0, 0.1) is 16.7 Å². The number of esters is 4. The van der Waals surface area contributed by atoms with E-state index in [1.807, 2.05) is 20.8 Å². The van der Waals surface area contributed by atoms with Gasteiger partial charge in [0.1, 0.15) is 23.9 Å². The van der Waals surface area contributed by atoms with Crippen molar-refractivity contribution in [3.05, 3.63) is 102 Å². The molecule has 0 N–H and O–H groups in total. The standard InChI is InChI=1S/C38H39N3O9/c1-23-9-5-13-27-35(23,2)30(48-33(44)25-11-7-15-40-20-25)31(49-34(45)26-12-8-16-41-21-26)37(4)36(27,3)28(17-38(50-37)18-29(42)46-22-38)47-32(43)24-10-6-14-39-19-24/h6-12,14-16,19-21,27-28,30-31H,5,13,17-18,22H2,1-4H3/t27-,28-,30-,31-,35-,36-,37-,38-/m1/s1. The van der Waals surface area contributed by atoms with Crippen LogP contribution in [0.5, 0.6) is 0 Å². The van der Waals surface area contributed by atoms with Crippen molar-refractivity contribution in [2.24, 2.45) is 16.7 Å². The van der Waals surface area contributed by atoms with Crippen LogP contribution in [0.15, 0.2) is 85.2 Å². The van der Waals surface area contributed by atoms with Crippen LogP contribution >= 0.6 is 0 Å². The molecule has 7 rings (SSSR count). The average Bonchev–Trinajstić information content (AvgIpc) is 3.48. The number of rotatable bonds is 6. The summed E-state index contributed by atoms with van der Waals surface area (Å²) in [6.07, 6.45) is 9.19. The van der Waals surface area contributed by atoms with Gasteiger partial charge in [-0.15, -0.1) is 0 Å². The van der Waals surface area contributed by atoms with Crippen LogP contribution in [0.3, 0.4) is 0 Å². The maximum absolute atomic E-state index is 14.0. The van der Waals surface area contributed by atoms with Gasteiger partial charge in [0.05, 0.1) is 23.1 Å². The minimum Gasteiger partial charge on any atom is -0.462 e. The van der Waals surface area contributed by atoms with Crippen LogP contribution in [0.1, 0.15) is 84.5 Å². The zero-order valence-corrected chi connectivity index (χ0v) is 28.4. The normalized spacial score (nSPS) is 34.4. The third-order valence-corrected chi connectivity index (χ3v) is 11.7. The zero-order valence-electron chi connectivity index (χ0n) is 28.4. The third kappa shape index (κ3) is 5.28. The summed E-state index contributed by atoms with van der Waals surface area (Å²) >= 11 is 0. The average molecular weight is 682 g/mol. The zero-order chi connectivity index (χ0) is 35.3. The number of cyclic esters (lactones) is 1. The molecule has 3 fully saturated rings. The Balaban J connectivity index is 1.42. The summed E-state index contributed by atoms with van der Waals surface area (Å²) in [6.45, 7) is 7.69. The van der Waals surface area contributed by atoms with E-state index in [1.54, 1.807) is 61.9 Å². The van der Waals surface area contributed by atoms with Crippen LogP contribution in [-0.4, -0.2) is 75.0 Å². The first-order valence-electron chi connectivity index (χ1n) is 16.8. The summed E-state index contributed by atoms with van der Waals surface area (Å²) in [5, 5.41) is 0. The molecule has 50 heavy (non-hydrogen) atoms. The van der Waals surface area contributed by atoms with E-state index in [0.29, 0.717) is 12.8 Å². The predicted molar refractivity (Wildman–Crippen MR) is 175 cm³/mol. The second-order valence-corrected chi connectivity index (χ2v) is 14.3. The number of ether oxygens (including phenoxy) is 5. The first-order chi connectivity index (χ1) is 23.9. The summed E-state index contributed by atoms with van der Waals surface area (Å²) in [6, 6.07) is 9.72. The van der Waals surface area contributed by atoms with Crippen molar-refractivity contribution < 1.29 is 42.9 Å². The van der Waals surface area contributed by atoms with E-state index in [0.717, 1.165) is 5.57 Å². The Bertz CT molecular complexity index is 1840. The Labute approximate surface area is 289 Å². The third-order valence-electron chi connectivity index (χ3n) is 11.7. The molecule has 0 radical (unpaired) electrons. The van der Waals surface area contributed by atoms with Crippen LogP contribution in [0.4, 0.5) is 0 Å². The Morgan fingerprint density at radius 3 is 1.84 bits per heavy atom. The molecule has 1 saturated carbocycles. The minimum atomic E-state index is -1.50. The lowest BCUT2D eigenvalue weighted by Crippen LogP contribution is -2.80. The predicted octanol–water partition coefficient (Wildman–Crippen LogP) is 5.10. The quantitative estimate of drug-likeness (QED) is 0.193. The number of fused-ring (bicyclic) bond motifs is 3. The molecule has 4 aliphatic rings. The van der Waals surface area contributed by atoms with Crippen molar-refractivity contribution in [2.45, 2.75) is 82.9 Å². The van der Waals surface area contributed by atoms with Gasteiger partial charge in [-0.3, -0.25) is 19.7 Å². The maximum atomic E-state index is 14.0. The molecule has 0 aromatic carbocycles. The van der Waals surface area contributed by atoms with E-state index in [9.17, 15) is 19.2 Å². The molecule has 2 aliphatic carbocycles. The SMILES string of the molecule is CC1=CCC[C@@H]2[C@]1(C)[C@H](OC(=O)c1cccnc1)[C@@H](OC(=O)c1cccnc1)[C@@]1(C)O[C@]3(COC(=O)C3)C[C@@H](OC(=O)c3cccnc3)[C@@]21C. The van der Waals surface area contributed by atoms with E-state index in [1.165, 1.54) is 18.6 Å². The Kier molecular flexibility index (Phi) is 8.32. The van der Waals surface area contributed by atoms with E-state index < -0.39 is 64.2 Å². The van der Waals surface area contributed by atoms with Gasteiger partial charge in [-0.1, -0.05) is 25.5 Å². The number of aromatic nitrogens is 3. The van der Waals surface area contributed by atoms with Gasteiger partial charge >= 0.3 is 23.9 Å². The minimum absolute atomic E-state index is 0.0945. The van der Waals surface area contributed by atoms with Crippen LogP contribution in [0.25, 0.3) is 0 Å². The highest BCUT2D eigenvalue weighted by atomic mass is 16.6. The van der Waals surface area contributed by atoms with Crippen molar-refractivity contribution >= 4 is 23.9 Å². The largest absolute Gasteiger partial charge is 0.462 e. The molecule has 2 saturated heterocycles. The Morgan fingerprint density at radius 2 is 1.34 bits per heavy atom. The lowest BCUT2D eigenvalue weighted by molar-refractivity contribution is -0.360. The molecule has 12 heteroatoms. The van der Waals surface area contributed by atoms with Crippen molar-refractivity contribution in [3.8, 4) is 0 Å². The van der Waals surface area contributed by atoms with Gasteiger partial charge in [0.2, 0.25) is 0 Å². The number of nitrogens with zero attached hydrogens (tertiary/aromatic N) is 3. The summed E-state index contributed by atoms with van der Waals surface area (Å²) in [5.41, 5.74) is -3.13. The van der Waals surface area contributed by atoms with Crippen molar-refractivity contribution in [1.82, 2.24) is 15.0 Å². The van der Waals surface area contributed by atoms with E-state index in [-0.39, 0.29) is 42.1 Å². The molecule has 260 valence electrons. The highest BCUT2D eigenvalue weighted by Crippen LogP contribution is 2.69. The first kappa shape index (κ1) is 33.5. The molecule has 8 atom stereocenters. The van der Waals surface area contributed by atoms with Gasteiger partial charge in [0, 0.05) is 54.4 Å². The van der Waals surface area contributed by atoms with E-state index in [4.69, 9.17) is 23.7 Å². The summed E-state index contributed by atoms with van der Waals surface area (Å²) in [5.74, 6) is -2.74. The lowest BCUT2D eigenvalue weighted by Gasteiger charge is -2.70. The molecule has 0 unspecified atom stereocenters. The highest BCUT2D eigenvalue weighted by molar-refractivity contribution is 5.90. The number of hydrogen-bond donors (Lipinski definition) is 0. The smallest absolute Gasteiger partial charge is 0.340 e. The van der Waals surface area contributed by atoms with Crippen molar-refractivity contribution in [3.63, 3.8) is 0 Å². The van der Waals surface area contributed by atoms with E-state index >= 15 is 0 Å². The molecule has 1 spiro atoms. The van der Waals surface area contributed by atoms with Crippen LogP contribution < -0.4 is 0 Å². The second-order valence-electron chi connectivity index (χ2n) is 14.3. The number of pyridine rings is 3. The molecule has 3 aromatic heterocycles. The topological polar surface area (TPSA) is 153 Å². The molecule has 2 aliphatic heterocycles. The number of carbonyl (C=O) groups is 4. The van der Waals surface area contributed by atoms with Gasteiger partial charge in [0.15, 0.2) is 12.2 Å². The van der Waals surface area contributed by atoms with Crippen LogP contribution in [-0.2, 0) is 28.5 Å². The number of allylic oxidation sites excluding steroid dienone is 1. The van der Waals surface area contributed by atoms with Gasteiger partial charge < -0.3 is 23.7 Å². The fourth-order valence-corrected chi connectivity index (χ4v) is 8.93. The Morgan fingerprint density at radius 1 is 0.800 bits per heavy atom. The molecular weight excluding hydrogens is 642 g/mol. The van der Waals surface area contributed by atoms with E-state index in [2.05, 4.69) is 21.0 Å². The molecule has 0 amide bonds. The monoisotopic (exact) mass is 681 g/mol. The van der Waals surface area contributed by atoms with Gasteiger partial charge in [-0.2, -0.15) is 0 Å². The highest BCUT2D eigenvalue weighted by Gasteiger charge is 2.78. The van der Waals surface area contributed by atoms with Crippen molar-refractivity contribution in [1.29, 1.82) is 0 Å². The fourth-order valence-electron chi connectivity index (χ4n) is 8.93. The Hall–Kier alpha value is -4.97. The maximum Gasteiger partial charge on any atom is 0.340 e. The molecule has 5 heterocycles. The lowest BCUT2D eigenvalue weighted by atomic mass is 9.41. The van der Waals surface area contributed by atoms with Gasteiger partial charge in [0.25, 0.3) is 0 Å². The second kappa shape index (κ2) is 12.4. The first-order valence-corrected chi connectivity index (χ1v) is 16.8. The summed E-state index contributed by atoms with van der Waals surface area (Å²) < 4.78 is 32.1. The molecule has 3 aromatic rings. The number of carbonyl (C=O) groups excluding carboxylic acids is 4. The van der Waals surface area contributed by atoms with Crippen molar-refractivity contribution in [2.75, 3.05) is 6.61 Å². The number of hydrogen-bond acceptors (Lipinski definition) is 12. The molecule has 12 nitrogen and oxygen atoms in total. The van der Waals surface area contributed by atoms with Crippen LogP contribution in [0.2, 0.25) is 0 Å². The van der Waals surface area contributed by atoms with Gasteiger partial charge in [-0.25, -0.2) is 14.4 Å². The molecule has 0 bridgehead atoms. The van der Waals surface area contributed by atoms with Gasteiger partial charge in [-0.05, 0) is 69.0 Å². The molecular formula is C38H39N3O9.